The van der Waals surface area contributed by atoms with Crippen LogP contribution in [0.25, 0.3) is 0 Å². The summed E-state index contributed by atoms with van der Waals surface area (Å²) in [7, 11) is 0. The van der Waals surface area contributed by atoms with Gasteiger partial charge in [-0.05, 0) is 24.1 Å². The van der Waals surface area contributed by atoms with Gasteiger partial charge in [-0.25, -0.2) is 4.79 Å². The number of rotatable bonds is 7. The quantitative estimate of drug-likeness (QED) is 0.681. The first-order valence-corrected chi connectivity index (χ1v) is 9.32. The van der Waals surface area contributed by atoms with Gasteiger partial charge in [0.25, 0.3) is 0 Å². The number of hydrogen-bond acceptors (Lipinski definition) is 6. The lowest BCUT2D eigenvalue weighted by molar-refractivity contribution is -0.229. The Morgan fingerprint density at radius 1 is 0.964 bits per heavy atom. The summed E-state index contributed by atoms with van der Waals surface area (Å²) in [6.45, 7) is 1.98. The zero-order valence-electron chi connectivity index (χ0n) is 15.8. The van der Waals surface area contributed by atoms with Gasteiger partial charge in [0, 0.05) is 13.3 Å². The molecule has 3 atom stereocenters. The van der Waals surface area contributed by atoms with Crippen molar-refractivity contribution in [2.45, 2.75) is 44.9 Å². The summed E-state index contributed by atoms with van der Waals surface area (Å²) in [4.78, 5) is 23.7. The molecule has 0 aromatic heterocycles. The molecule has 0 amide bonds. The molecule has 2 aromatic carbocycles. The first-order chi connectivity index (χ1) is 13.6. The second kappa shape index (κ2) is 10.0. The van der Waals surface area contributed by atoms with Crippen LogP contribution >= 0.6 is 0 Å². The van der Waals surface area contributed by atoms with E-state index in [9.17, 15) is 9.59 Å². The molecule has 1 aliphatic rings. The van der Waals surface area contributed by atoms with Crippen LogP contribution in [0.2, 0.25) is 0 Å². The lowest BCUT2D eigenvalue weighted by atomic mass is 10.0. The van der Waals surface area contributed by atoms with Crippen molar-refractivity contribution in [3.63, 3.8) is 0 Å². The van der Waals surface area contributed by atoms with Crippen LogP contribution in [0.15, 0.2) is 60.7 Å². The van der Waals surface area contributed by atoms with Crippen LogP contribution in [0.3, 0.4) is 0 Å². The van der Waals surface area contributed by atoms with E-state index in [1.54, 1.807) is 24.3 Å². The molecule has 28 heavy (non-hydrogen) atoms. The molecule has 1 heterocycles. The molecule has 0 aliphatic carbocycles. The third kappa shape index (κ3) is 5.90. The number of ether oxygens (including phenoxy) is 4. The average Bonchev–Trinajstić information content (AvgIpc) is 2.71. The molecule has 0 N–H and O–H groups in total. The SMILES string of the molecule is CC(=O)O[C@@H]1CC[C@H](OC(=O)c2ccccc2)[C@@H](COCc2ccccc2)O1. The lowest BCUT2D eigenvalue weighted by Crippen LogP contribution is -2.45. The van der Waals surface area contributed by atoms with Crippen LogP contribution in [-0.4, -0.2) is 37.0 Å². The molecule has 0 bridgehead atoms. The summed E-state index contributed by atoms with van der Waals surface area (Å²) in [6, 6.07) is 18.6. The molecule has 3 rings (SSSR count). The molecule has 6 nitrogen and oxygen atoms in total. The van der Waals surface area contributed by atoms with E-state index >= 15 is 0 Å². The van der Waals surface area contributed by atoms with Crippen LogP contribution in [-0.2, 0) is 30.3 Å². The predicted octanol–water partition coefficient (Wildman–Crippen LogP) is 3.50. The number of esters is 2. The van der Waals surface area contributed by atoms with Gasteiger partial charge in [-0.3, -0.25) is 4.79 Å². The zero-order chi connectivity index (χ0) is 19.8. The van der Waals surface area contributed by atoms with E-state index < -0.39 is 30.4 Å². The highest BCUT2D eigenvalue weighted by Gasteiger charge is 2.35. The van der Waals surface area contributed by atoms with Gasteiger partial charge in [0.1, 0.15) is 12.2 Å². The van der Waals surface area contributed by atoms with Crippen LogP contribution in [0, 0.1) is 0 Å². The number of carbonyl (C=O) groups is 2. The van der Waals surface area contributed by atoms with Crippen molar-refractivity contribution < 1.29 is 28.5 Å². The second-order valence-corrected chi connectivity index (χ2v) is 6.60. The van der Waals surface area contributed by atoms with Gasteiger partial charge < -0.3 is 18.9 Å². The fourth-order valence-corrected chi connectivity index (χ4v) is 3.04. The average molecular weight is 384 g/mol. The van der Waals surface area contributed by atoms with E-state index in [1.807, 2.05) is 36.4 Å². The Morgan fingerprint density at radius 3 is 2.32 bits per heavy atom. The summed E-state index contributed by atoms with van der Waals surface area (Å²) in [6.07, 6.45) is -0.670. The number of hydrogen-bond donors (Lipinski definition) is 0. The molecule has 1 aliphatic heterocycles. The Balaban J connectivity index is 1.60. The van der Waals surface area contributed by atoms with Gasteiger partial charge in [-0.15, -0.1) is 0 Å². The predicted molar refractivity (Wildman–Crippen MR) is 101 cm³/mol. The smallest absolute Gasteiger partial charge is 0.338 e. The molecule has 2 aromatic rings. The normalized spacial score (nSPS) is 21.7. The van der Waals surface area contributed by atoms with Crippen molar-refractivity contribution in [1.82, 2.24) is 0 Å². The third-order valence-electron chi connectivity index (χ3n) is 4.39. The van der Waals surface area contributed by atoms with Gasteiger partial charge in [0.15, 0.2) is 0 Å². The molecule has 0 spiro atoms. The Kier molecular flexibility index (Phi) is 7.17. The highest BCUT2D eigenvalue weighted by Crippen LogP contribution is 2.25. The van der Waals surface area contributed by atoms with Crippen LogP contribution in [0.4, 0.5) is 0 Å². The van der Waals surface area contributed by atoms with Crippen molar-refractivity contribution in [3.05, 3.63) is 71.8 Å². The molecule has 1 fully saturated rings. The molecule has 0 radical (unpaired) electrons. The van der Waals surface area contributed by atoms with Gasteiger partial charge in [-0.2, -0.15) is 0 Å². The maximum absolute atomic E-state index is 12.4. The number of benzene rings is 2. The van der Waals surface area contributed by atoms with Gasteiger partial charge >= 0.3 is 11.9 Å². The third-order valence-corrected chi connectivity index (χ3v) is 4.39. The lowest BCUT2D eigenvalue weighted by Gasteiger charge is -2.35. The molecule has 148 valence electrons. The van der Waals surface area contributed by atoms with E-state index in [0.29, 0.717) is 25.0 Å². The van der Waals surface area contributed by atoms with E-state index in [4.69, 9.17) is 18.9 Å². The number of carbonyl (C=O) groups excluding carboxylic acids is 2. The fourth-order valence-electron chi connectivity index (χ4n) is 3.04. The van der Waals surface area contributed by atoms with Gasteiger partial charge in [0.2, 0.25) is 6.29 Å². The second-order valence-electron chi connectivity index (χ2n) is 6.60. The summed E-state index contributed by atoms with van der Waals surface area (Å²) < 4.78 is 22.4. The molecule has 6 heteroatoms. The van der Waals surface area contributed by atoms with Crippen molar-refractivity contribution in [3.8, 4) is 0 Å². The molecular weight excluding hydrogens is 360 g/mol. The maximum atomic E-state index is 12.4. The van der Waals surface area contributed by atoms with Crippen molar-refractivity contribution >= 4 is 11.9 Å². The molecule has 0 unspecified atom stereocenters. The van der Waals surface area contributed by atoms with Crippen LogP contribution < -0.4 is 0 Å². The standard InChI is InChI=1S/C22H24O6/c1-16(23)26-21-13-12-19(28-22(24)18-10-6-3-7-11-18)20(27-21)15-25-14-17-8-4-2-5-9-17/h2-11,19-21H,12-15H2,1H3/t19-,20+,21-/m0/s1. The summed E-state index contributed by atoms with van der Waals surface area (Å²) in [5.41, 5.74) is 1.52. The van der Waals surface area contributed by atoms with Gasteiger partial charge in [-0.1, -0.05) is 48.5 Å². The Labute approximate surface area is 164 Å². The first kappa shape index (κ1) is 20.0. The minimum Gasteiger partial charge on any atom is -0.456 e. The monoisotopic (exact) mass is 384 g/mol. The Bertz CT molecular complexity index is 761. The summed E-state index contributed by atoms with van der Waals surface area (Å²) >= 11 is 0. The van der Waals surface area contributed by atoms with Crippen molar-refractivity contribution in [2.24, 2.45) is 0 Å². The molecule has 0 saturated carbocycles. The summed E-state index contributed by atoms with van der Waals surface area (Å²) in [5.74, 6) is -0.818. The van der Waals surface area contributed by atoms with Crippen LogP contribution in [0.1, 0.15) is 35.7 Å². The zero-order valence-corrected chi connectivity index (χ0v) is 15.8. The van der Waals surface area contributed by atoms with E-state index in [2.05, 4.69) is 0 Å². The van der Waals surface area contributed by atoms with Crippen molar-refractivity contribution in [2.75, 3.05) is 6.61 Å². The van der Waals surface area contributed by atoms with E-state index in [0.717, 1.165) is 5.56 Å². The highest BCUT2D eigenvalue weighted by molar-refractivity contribution is 5.89. The molecule has 1 saturated heterocycles. The maximum Gasteiger partial charge on any atom is 0.338 e. The molecular formula is C22H24O6. The summed E-state index contributed by atoms with van der Waals surface area (Å²) in [5, 5.41) is 0. The minimum absolute atomic E-state index is 0.222. The van der Waals surface area contributed by atoms with E-state index in [1.165, 1.54) is 6.92 Å². The Hall–Kier alpha value is -2.70. The van der Waals surface area contributed by atoms with E-state index in [-0.39, 0.29) is 6.61 Å². The first-order valence-electron chi connectivity index (χ1n) is 9.32. The largest absolute Gasteiger partial charge is 0.456 e. The topological polar surface area (TPSA) is 71.1 Å². The van der Waals surface area contributed by atoms with Gasteiger partial charge in [0.05, 0.1) is 18.8 Å². The Morgan fingerprint density at radius 2 is 1.64 bits per heavy atom. The van der Waals surface area contributed by atoms with Crippen molar-refractivity contribution in [1.29, 1.82) is 0 Å². The fraction of sp³-hybridized carbons (Fsp3) is 0.364. The minimum atomic E-state index is -0.658. The highest BCUT2D eigenvalue weighted by atomic mass is 16.7. The van der Waals surface area contributed by atoms with Crippen LogP contribution in [0.5, 0.6) is 0 Å².